The number of aromatic nitrogens is 1. The van der Waals surface area contributed by atoms with Gasteiger partial charge in [-0.05, 0) is 31.3 Å². The highest BCUT2D eigenvalue weighted by Gasteiger charge is 2.26. The fourth-order valence-corrected chi connectivity index (χ4v) is 4.22. The minimum atomic E-state index is -0.583. The third-order valence-corrected chi connectivity index (χ3v) is 6.13. The van der Waals surface area contributed by atoms with Crippen LogP contribution in [-0.4, -0.2) is 46.9 Å². The normalized spacial score (nSPS) is 11.2. The number of non-ortho nitro benzene ring substituents is 1. The van der Waals surface area contributed by atoms with Gasteiger partial charge >= 0.3 is 0 Å². The summed E-state index contributed by atoms with van der Waals surface area (Å²) < 4.78 is 14.8. The van der Waals surface area contributed by atoms with Gasteiger partial charge in [0.15, 0.2) is 5.13 Å². The van der Waals surface area contributed by atoms with E-state index in [2.05, 4.69) is 9.88 Å². The van der Waals surface area contributed by atoms with Gasteiger partial charge in [-0.15, -0.1) is 0 Å². The largest absolute Gasteiger partial charge is 0.302 e. The minimum Gasteiger partial charge on any atom is -0.302 e. The van der Waals surface area contributed by atoms with E-state index in [-0.39, 0.29) is 28.3 Å². The molecule has 0 bridgehead atoms. The molecule has 7 nitrogen and oxygen atoms in total. The summed E-state index contributed by atoms with van der Waals surface area (Å²) in [7, 11) is 0. The maximum Gasteiger partial charge on any atom is 0.270 e. The van der Waals surface area contributed by atoms with Crippen LogP contribution in [0.15, 0.2) is 36.4 Å². The Balaban J connectivity index is 2.04. The molecule has 0 aliphatic heterocycles. The van der Waals surface area contributed by atoms with Crippen LogP contribution in [0, 0.1) is 15.9 Å². The quantitative estimate of drug-likeness (QED) is 0.357. The van der Waals surface area contributed by atoms with Crippen molar-refractivity contribution in [1.82, 2.24) is 9.88 Å². The maximum atomic E-state index is 14.2. The third-order valence-electron chi connectivity index (χ3n) is 4.76. The van der Waals surface area contributed by atoms with Crippen molar-refractivity contribution < 1.29 is 14.1 Å². The van der Waals surface area contributed by atoms with Crippen molar-refractivity contribution in [1.29, 1.82) is 0 Å². The van der Waals surface area contributed by atoms with Crippen molar-refractivity contribution >= 4 is 49.9 Å². The fraction of sp³-hybridized carbons (Fsp3) is 0.300. The van der Waals surface area contributed by atoms with Gasteiger partial charge in [0.25, 0.3) is 11.6 Å². The van der Waals surface area contributed by atoms with E-state index in [0.29, 0.717) is 16.4 Å². The number of amides is 1. The zero-order valence-corrected chi connectivity index (χ0v) is 18.0. The number of halogens is 2. The molecule has 0 atom stereocenters. The standard InChI is InChI=1S/C20H20ClFN4O3S/c1-3-24(4-2)10-11-25(20-23-18-16(22)6-5-7-17(18)30-20)19(27)14-12-13(26(28)29)8-9-15(14)21/h5-9,12H,3-4,10-11H2,1-2H3. The topological polar surface area (TPSA) is 79.6 Å². The van der Waals surface area contributed by atoms with Gasteiger partial charge in [-0.2, -0.15) is 0 Å². The number of fused-ring (bicyclic) bond motifs is 1. The van der Waals surface area contributed by atoms with Gasteiger partial charge in [0.1, 0.15) is 11.3 Å². The molecule has 0 radical (unpaired) electrons. The van der Waals surface area contributed by atoms with E-state index in [4.69, 9.17) is 11.6 Å². The van der Waals surface area contributed by atoms with E-state index < -0.39 is 16.6 Å². The molecule has 0 saturated heterocycles. The Morgan fingerprint density at radius 3 is 2.60 bits per heavy atom. The average molecular weight is 451 g/mol. The number of thiazole rings is 1. The number of para-hydroxylation sites is 1. The molecule has 2 aromatic carbocycles. The van der Waals surface area contributed by atoms with Gasteiger partial charge in [-0.1, -0.05) is 42.9 Å². The lowest BCUT2D eigenvalue weighted by molar-refractivity contribution is -0.384. The Hall–Kier alpha value is -2.62. The van der Waals surface area contributed by atoms with Crippen molar-refractivity contribution in [3.63, 3.8) is 0 Å². The van der Waals surface area contributed by atoms with E-state index in [1.54, 1.807) is 12.1 Å². The van der Waals surface area contributed by atoms with E-state index in [9.17, 15) is 19.3 Å². The van der Waals surface area contributed by atoms with Crippen LogP contribution in [0.5, 0.6) is 0 Å². The second-order valence-corrected chi connectivity index (χ2v) is 7.90. The summed E-state index contributed by atoms with van der Waals surface area (Å²) in [6.45, 7) is 6.46. The average Bonchev–Trinajstić information content (AvgIpc) is 3.16. The fourth-order valence-electron chi connectivity index (χ4n) is 3.02. The molecule has 0 saturated carbocycles. The molecule has 0 N–H and O–H groups in total. The first-order valence-electron chi connectivity index (χ1n) is 9.38. The molecule has 0 aliphatic rings. The molecule has 0 unspecified atom stereocenters. The number of hydrogen-bond acceptors (Lipinski definition) is 6. The number of benzene rings is 2. The molecule has 10 heteroatoms. The molecule has 1 aromatic heterocycles. The first-order chi connectivity index (χ1) is 14.3. The predicted octanol–water partition coefficient (Wildman–Crippen LogP) is 4.99. The van der Waals surface area contributed by atoms with Crippen LogP contribution in [0.1, 0.15) is 24.2 Å². The molecule has 3 rings (SSSR count). The van der Waals surface area contributed by atoms with Crippen LogP contribution in [0.25, 0.3) is 10.2 Å². The number of hydrogen-bond donors (Lipinski definition) is 0. The number of nitro benzene ring substituents is 1. The van der Waals surface area contributed by atoms with Crippen LogP contribution in [0.2, 0.25) is 5.02 Å². The van der Waals surface area contributed by atoms with Crippen LogP contribution in [0.4, 0.5) is 15.2 Å². The number of likely N-dealkylation sites (N-methyl/N-ethyl adjacent to an activating group) is 1. The maximum absolute atomic E-state index is 14.2. The Kier molecular flexibility index (Phi) is 6.96. The number of anilines is 1. The second-order valence-electron chi connectivity index (χ2n) is 6.49. The van der Waals surface area contributed by atoms with Gasteiger partial charge < -0.3 is 4.90 Å². The first-order valence-corrected chi connectivity index (χ1v) is 10.6. The van der Waals surface area contributed by atoms with E-state index >= 15 is 0 Å². The zero-order chi connectivity index (χ0) is 21.8. The summed E-state index contributed by atoms with van der Waals surface area (Å²) in [5, 5.41) is 11.6. The van der Waals surface area contributed by atoms with Crippen LogP contribution in [0.3, 0.4) is 0 Å². The van der Waals surface area contributed by atoms with Crippen LogP contribution >= 0.6 is 22.9 Å². The molecule has 0 fully saturated rings. The van der Waals surface area contributed by atoms with Crippen LogP contribution < -0.4 is 4.90 Å². The SMILES string of the molecule is CCN(CC)CCN(C(=O)c1cc([N+](=O)[O-])ccc1Cl)c1nc2c(F)cccc2s1. The Morgan fingerprint density at radius 1 is 1.23 bits per heavy atom. The highest BCUT2D eigenvalue weighted by atomic mass is 35.5. The molecular formula is C20H20ClFN4O3S. The van der Waals surface area contributed by atoms with Crippen molar-refractivity contribution in [3.05, 3.63) is 62.9 Å². The third kappa shape index (κ3) is 4.58. The van der Waals surface area contributed by atoms with Crippen LogP contribution in [-0.2, 0) is 0 Å². The zero-order valence-electron chi connectivity index (χ0n) is 16.5. The minimum absolute atomic E-state index is 0.00476. The molecule has 1 amide bonds. The summed E-state index contributed by atoms with van der Waals surface area (Å²) in [6, 6.07) is 8.35. The Bertz CT molecular complexity index is 1090. The summed E-state index contributed by atoms with van der Waals surface area (Å²) in [5.74, 6) is -0.991. The number of carbonyl (C=O) groups is 1. The van der Waals surface area contributed by atoms with Gasteiger partial charge in [-0.3, -0.25) is 19.8 Å². The molecule has 0 aliphatic carbocycles. The van der Waals surface area contributed by atoms with Gasteiger partial charge in [0, 0.05) is 25.2 Å². The lowest BCUT2D eigenvalue weighted by atomic mass is 10.1. The second kappa shape index (κ2) is 9.46. The predicted molar refractivity (Wildman–Crippen MR) is 117 cm³/mol. The summed E-state index contributed by atoms with van der Waals surface area (Å²) >= 11 is 7.38. The van der Waals surface area contributed by atoms with Crippen molar-refractivity contribution in [2.45, 2.75) is 13.8 Å². The smallest absolute Gasteiger partial charge is 0.270 e. The number of nitro groups is 1. The van der Waals surface area contributed by atoms with E-state index in [1.165, 1.54) is 34.4 Å². The highest BCUT2D eigenvalue weighted by Crippen LogP contribution is 2.32. The lowest BCUT2D eigenvalue weighted by Crippen LogP contribution is -2.39. The number of nitrogens with zero attached hydrogens (tertiary/aromatic N) is 4. The molecule has 30 heavy (non-hydrogen) atoms. The lowest BCUT2D eigenvalue weighted by Gasteiger charge is -2.25. The molecule has 3 aromatic rings. The Morgan fingerprint density at radius 2 is 1.97 bits per heavy atom. The Labute approximate surface area is 181 Å². The first kappa shape index (κ1) is 22.1. The van der Waals surface area contributed by atoms with Gasteiger partial charge in [0.05, 0.1) is 20.2 Å². The number of carbonyl (C=O) groups excluding carboxylic acids is 1. The van der Waals surface area contributed by atoms with E-state index in [1.807, 2.05) is 13.8 Å². The van der Waals surface area contributed by atoms with Gasteiger partial charge in [-0.25, -0.2) is 9.37 Å². The number of rotatable bonds is 8. The molecule has 1 heterocycles. The highest BCUT2D eigenvalue weighted by molar-refractivity contribution is 7.22. The summed E-state index contributed by atoms with van der Waals surface area (Å²) in [6.07, 6.45) is 0. The van der Waals surface area contributed by atoms with Crippen molar-refractivity contribution in [2.24, 2.45) is 0 Å². The van der Waals surface area contributed by atoms with E-state index in [0.717, 1.165) is 19.2 Å². The monoisotopic (exact) mass is 450 g/mol. The summed E-state index contributed by atoms with van der Waals surface area (Å²) in [4.78, 5) is 31.8. The summed E-state index contributed by atoms with van der Waals surface area (Å²) in [5.41, 5.74) is -0.0461. The van der Waals surface area contributed by atoms with Crippen molar-refractivity contribution in [3.8, 4) is 0 Å². The molecule has 0 spiro atoms. The van der Waals surface area contributed by atoms with Crippen molar-refractivity contribution in [2.75, 3.05) is 31.1 Å². The van der Waals surface area contributed by atoms with Gasteiger partial charge in [0.2, 0.25) is 0 Å². The molecular weight excluding hydrogens is 431 g/mol. The molecule has 158 valence electrons.